The zero-order valence-corrected chi connectivity index (χ0v) is 11.3. The summed E-state index contributed by atoms with van der Waals surface area (Å²) < 4.78 is 25.2. The van der Waals surface area contributed by atoms with Gasteiger partial charge >= 0.3 is 6.09 Å². The van der Waals surface area contributed by atoms with Crippen LogP contribution in [0.5, 0.6) is 0 Å². The second-order valence-corrected chi connectivity index (χ2v) is 5.54. The third-order valence-corrected chi connectivity index (χ3v) is 4.22. The molecule has 2 aromatic rings. The third-order valence-electron chi connectivity index (χ3n) is 2.49. The summed E-state index contributed by atoms with van der Waals surface area (Å²) >= 11 is 0. The second kappa shape index (κ2) is 5.25. The molecule has 0 fully saturated rings. The molecule has 1 amide bonds. The van der Waals surface area contributed by atoms with Crippen molar-refractivity contribution in [1.29, 1.82) is 0 Å². The Kier molecular flexibility index (Phi) is 3.66. The average Bonchev–Trinajstić information content (AvgIpc) is 2.39. The van der Waals surface area contributed by atoms with E-state index in [1.165, 1.54) is 31.5 Å². The van der Waals surface area contributed by atoms with Gasteiger partial charge in [-0.05, 0) is 19.1 Å². The molecule has 0 unspecified atom stereocenters. The van der Waals surface area contributed by atoms with E-state index in [4.69, 9.17) is 0 Å². The number of hydrogen-bond donors (Lipinski definition) is 1. The molecule has 0 aliphatic rings. The fraction of sp³-hybridized carbons (Fsp3) is 0.0833. The van der Waals surface area contributed by atoms with Gasteiger partial charge in [-0.1, -0.05) is 18.2 Å². The standard InChI is InChI=1S/C12H11N3O4S/c1-9-11(14-8-7-13-9)20(18,19)15(12(16)17)10-5-3-2-4-6-10/h2-8H,1H3,(H,16,17). The molecule has 0 aliphatic carbocycles. The first-order valence-electron chi connectivity index (χ1n) is 5.55. The van der Waals surface area contributed by atoms with E-state index in [1.54, 1.807) is 18.2 Å². The molecule has 7 nitrogen and oxygen atoms in total. The highest BCUT2D eigenvalue weighted by atomic mass is 32.2. The summed E-state index contributed by atoms with van der Waals surface area (Å²) in [7, 11) is -4.32. The van der Waals surface area contributed by atoms with Crippen LogP contribution in [0.25, 0.3) is 0 Å². The molecular weight excluding hydrogens is 282 g/mol. The maximum Gasteiger partial charge on any atom is 0.426 e. The Balaban J connectivity index is 2.61. The van der Waals surface area contributed by atoms with Crippen molar-refractivity contribution in [3.63, 3.8) is 0 Å². The first-order chi connectivity index (χ1) is 9.44. The number of para-hydroxylation sites is 1. The minimum atomic E-state index is -4.32. The molecule has 1 aromatic heterocycles. The largest absolute Gasteiger partial charge is 0.464 e. The molecule has 0 radical (unpaired) electrons. The van der Waals surface area contributed by atoms with Crippen LogP contribution in [0.15, 0.2) is 47.8 Å². The normalized spacial score (nSPS) is 11.1. The van der Waals surface area contributed by atoms with Gasteiger partial charge in [-0.3, -0.25) is 4.98 Å². The van der Waals surface area contributed by atoms with Crippen LogP contribution in [-0.2, 0) is 10.0 Å². The zero-order chi connectivity index (χ0) is 14.8. The van der Waals surface area contributed by atoms with Crippen molar-refractivity contribution in [1.82, 2.24) is 9.97 Å². The van der Waals surface area contributed by atoms with Crippen LogP contribution in [0, 0.1) is 6.92 Å². The van der Waals surface area contributed by atoms with Crippen molar-refractivity contribution in [3.05, 3.63) is 48.4 Å². The molecule has 0 saturated heterocycles. The summed E-state index contributed by atoms with van der Waals surface area (Å²) in [5.41, 5.74) is 0.153. The Bertz CT molecular complexity index is 731. The molecule has 1 N–H and O–H groups in total. The Morgan fingerprint density at radius 2 is 1.75 bits per heavy atom. The van der Waals surface area contributed by atoms with Crippen LogP contribution in [-0.4, -0.2) is 29.6 Å². The molecule has 1 aromatic carbocycles. The average molecular weight is 293 g/mol. The maximum atomic E-state index is 12.4. The van der Waals surface area contributed by atoms with Gasteiger partial charge < -0.3 is 5.11 Å². The molecule has 1 heterocycles. The zero-order valence-electron chi connectivity index (χ0n) is 10.5. The third kappa shape index (κ3) is 2.45. The number of amides is 1. The van der Waals surface area contributed by atoms with Crippen LogP contribution >= 0.6 is 0 Å². The minimum Gasteiger partial charge on any atom is -0.464 e. The minimum absolute atomic E-state index is 0.0186. The van der Waals surface area contributed by atoms with E-state index in [-0.39, 0.29) is 20.7 Å². The van der Waals surface area contributed by atoms with Gasteiger partial charge in [0.05, 0.1) is 11.4 Å². The number of hydrogen-bond acceptors (Lipinski definition) is 5. The molecule has 0 bridgehead atoms. The molecule has 8 heteroatoms. The summed E-state index contributed by atoms with van der Waals surface area (Å²) in [6.45, 7) is 1.45. The second-order valence-electron chi connectivity index (χ2n) is 3.83. The van der Waals surface area contributed by atoms with Crippen LogP contribution in [0.3, 0.4) is 0 Å². The molecular formula is C12H11N3O4S. The highest BCUT2D eigenvalue weighted by molar-refractivity contribution is 7.93. The predicted octanol–water partition coefficient (Wildman–Crippen LogP) is 1.66. The lowest BCUT2D eigenvalue weighted by molar-refractivity contribution is 0.206. The van der Waals surface area contributed by atoms with Crippen LogP contribution < -0.4 is 4.31 Å². The number of rotatable bonds is 3. The van der Waals surface area contributed by atoms with Crippen molar-refractivity contribution < 1.29 is 18.3 Å². The van der Waals surface area contributed by atoms with E-state index in [0.717, 1.165) is 0 Å². The van der Waals surface area contributed by atoms with E-state index in [2.05, 4.69) is 9.97 Å². The molecule has 20 heavy (non-hydrogen) atoms. The molecule has 2 rings (SSSR count). The van der Waals surface area contributed by atoms with Gasteiger partial charge in [0, 0.05) is 12.4 Å². The van der Waals surface area contributed by atoms with Gasteiger partial charge in [-0.15, -0.1) is 0 Å². The Labute approximate surface area is 115 Å². The number of sulfonamides is 1. The summed E-state index contributed by atoms with van der Waals surface area (Å²) in [4.78, 5) is 18.9. The lowest BCUT2D eigenvalue weighted by Crippen LogP contribution is -2.36. The quantitative estimate of drug-likeness (QED) is 0.923. The number of aromatic nitrogens is 2. The highest BCUT2D eigenvalue weighted by Crippen LogP contribution is 2.23. The summed E-state index contributed by atoms with van der Waals surface area (Å²) in [5, 5.41) is 8.83. The van der Waals surface area contributed by atoms with E-state index in [9.17, 15) is 18.3 Å². The monoisotopic (exact) mass is 293 g/mol. The number of carboxylic acid groups (broad SMARTS) is 1. The van der Waals surface area contributed by atoms with Crippen LogP contribution in [0.2, 0.25) is 0 Å². The van der Waals surface area contributed by atoms with Crippen molar-refractivity contribution in [2.24, 2.45) is 0 Å². The molecule has 104 valence electrons. The number of carbonyl (C=O) groups is 1. The molecule has 0 aliphatic heterocycles. The highest BCUT2D eigenvalue weighted by Gasteiger charge is 2.33. The first kappa shape index (κ1) is 13.9. The lowest BCUT2D eigenvalue weighted by Gasteiger charge is -2.19. The molecule has 0 atom stereocenters. The first-order valence-corrected chi connectivity index (χ1v) is 6.99. The molecule has 0 saturated carbocycles. The van der Waals surface area contributed by atoms with Crippen molar-refractivity contribution >= 4 is 21.8 Å². The predicted molar refractivity (Wildman–Crippen MR) is 70.9 cm³/mol. The summed E-state index contributed by atoms with van der Waals surface area (Å²) in [6.07, 6.45) is 0.925. The van der Waals surface area contributed by atoms with Crippen LogP contribution in [0.4, 0.5) is 10.5 Å². The Hall–Kier alpha value is -2.48. The topological polar surface area (TPSA) is 100 Å². The van der Waals surface area contributed by atoms with E-state index < -0.39 is 16.1 Å². The summed E-state index contributed by atoms with van der Waals surface area (Å²) in [6, 6.07) is 7.52. The fourth-order valence-electron chi connectivity index (χ4n) is 1.65. The van der Waals surface area contributed by atoms with Gasteiger partial charge in [0.2, 0.25) is 0 Å². The number of nitrogens with zero attached hydrogens (tertiary/aromatic N) is 3. The number of aryl methyl sites for hydroxylation is 1. The van der Waals surface area contributed by atoms with E-state index >= 15 is 0 Å². The number of benzene rings is 1. The molecule has 0 spiro atoms. The van der Waals surface area contributed by atoms with Gasteiger partial charge in [-0.2, -0.15) is 12.7 Å². The van der Waals surface area contributed by atoms with Gasteiger partial charge in [0.25, 0.3) is 10.0 Å². The maximum absolute atomic E-state index is 12.4. The Morgan fingerprint density at radius 1 is 1.15 bits per heavy atom. The van der Waals surface area contributed by atoms with Gasteiger partial charge in [0.1, 0.15) is 0 Å². The SMILES string of the molecule is Cc1nccnc1S(=O)(=O)N(C(=O)O)c1ccccc1. The van der Waals surface area contributed by atoms with Crippen LogP contribution in [0.1, 0.15) is 5.69 Å². The van der Waals surface area contributed by atoms with Crippen molar-refractivity contribution in [2.45, 2.75) is 11.9 Å². The van der Waals surface area contributed by atoms with E-state index in [0.29, 0.717) is 0 Å². The summed E-state index contributed by atoms with van der Waals surface area (Å²) in [5.74, 6) is 0. The van der Waals surface area contributed by atoms with E-state index in [1.807, 2.05) is 0 Å². The Morgan fingerprint density at radius 3 is 2.30 bits per heavy atom. The van der Waals surface area contributed by atoms with Gasteiger partial charge in [-0.25, -0.2) is 9.78 Å². The van der Waals surface area contributed by atoms with Gasteiger partial charge in [0.15, 0.2) is 5.03 Å². The number of anilines is 1. The smallest absolute Gasteiger partial charge is 0.426 e. The fourth-order valence-corrected chi connectivity index (χ4v) is 3.05. The lowest BCUT2D eigenvalue weighted by atomic mass is 10.3. The van der Waals surface area contributed by atoms with Crippen molar-refractivity contribution in [3.8, 4) is 0 Å². The van der Waals surface area contributed by atoms with Crippen molar-refractivity contribution in [2.75, 3.05) is 4.31 Å².